The van der Waals surface area contributed by atoms with E-state index in [9.17, 15) is 13.6 Å². The molecule has 4 aromatic rings. The summed E-state index contributed by atoms with van der Waals surface area (Å²) in [6.45, 7) is 2.38. The Labute approximate surface area is 222 Å². The van der Waals surface area contributed by atoms with Crippen LogP contribution in [0.25, 0.3) is 23.0 Å². The molecule has 0 N–H and O–H groups in total. The molecule has 37 heavy (non-hydrogen) atoms. The predicted octanol–water partition coefficient (Wildman–Crippen LogP) is 6.62. The van der Waals surface area contributed by atoms with E-state index in [1.54, 1.807) is 48.1 Å². The van der Waals surface area contributed by atoms with Gasteiger partial charge in [-0.05, 0) is 61.0 Å². The monoisotopic (exact) mass is 533 g/mol. The van der Waals surface area contributed by atoms with Crippen LogP contribution in [0.5, 0.6) is 5.75 Å². The molecule has 0 aliphatic carbocycles. The van der Waals surface area contributed by atoms with Gasteiger partial charge in [-0.2, -0.15) is 5.10 Å². The maximum Gasteiger partial charge on any atom is 0.266 e. The third-order valence-electron chi connectivity index (χ3n) is 5.68. The summed E-state index contributed by atoms with van der Waals surface area (Å²) in [4.78, 5) is 15.2. The summed E-state index contributed by atoms with van der Waals surface area (Å²) < 4.78 is 35.4. The van der Waals surface area contributed by atoms with Crippen LogP contribution in [0.1, 0.15) is 18.1 Å². The quantitative estimate of drug-likeness (QED) is 0.197. The number of carbonyl (C=O) groups excluding carboxylic acids is 1. The number of amides is 1. The number of rotatable bonds is 7. The second kappa shape index (κ2) is 10.7. The van der Waals surface area contributed by atoms with Crippen LogP contribution in [0.2, 0.25) is 0 Å². The van der Waals surface area contributed by atoms with Crippen LogP contribution >= 0.6 is 24.0 Å². The number of halogens is 2. The zero-order valence-corrected chi connectivity index (χ0v) is 21.4. The van der Waals surface area contributed by atoms with Gasteiger partial charge in [-0.15, -0.1) is 0 Å². The Hall–Kier alpha value is -3.82. The average molecular weight is 534 g/mol. The molecule has 0 radical (unpaired) electrons. The molecular formula is C28H21F2N3O2S2. The van der Waals surface area contributed by atoms with Gasteiger partial charge in [0, 0.05) is 17.3 Å². The SMILES string of the molecule is CCOc1ccc(-c2nn(-c3ccccc3)cc2/C=C2\SC(=S)N(Cc3ccc(F)cc3)C2=O)cc1F. The Morgan fingerprint density at radius 3 is 2.51 bits per heavy atom. The predicted molar refractivity (Wildman–Crippen MR) is 145 cm³/mol. The Kier molecular flexibility index (Phi) is 7.16. The van der Waals surface area contributed by atoms with Crippen LogP contribution < -0.4 is 4.74 Å². The molecule has 0 spiro atoms. The normalized spacial score (nSPS) is 14.6. The van der Waals surface area contributed by atoms with Crippen LogP contribution in [0.4, 0.5) is 8.78 Å². The second-order valence-electron chi connectivity index (χ2n) is 8.19. The molecule has 5 rings (SSSR count). The molecule has 5 nitrogen and oxygen atoms in total. The molecule has 1 aromatic heterocycles. The molecule has 1 aliphatic rings. The Balaban J connectivity index is 1.52. The van der Waals surface area contributed by atoms with Crippen molar-refractivity contribution in [2.45, 2.75) is 13.5 Å². The Bertz CT molecular complexity index is 1500. The van der Waals surface area contributed by atoms with Crippen LogP contribution in [0.3, 0.4) is 0 Å². The molecule has 186 valence electrons. The zero-order chi connectivity index (χ0) is 25.9. The number of thioether (sulfide) groups is 1. The van der Waals surface area contributed by atoms with Crippen molar-refractivity contribution in [2.75, 3.05) is 6.61 Å². The lowest BCUT2D eigenvalue weighted by Crippen LogP contribution is -2.27. The summed E-state index contributed by atoms with van der Waals surface area (Å²) in [7, 11) is 0. The molecule has 3 aromatic carbocycles. The lowest BCUT2D eigenvalue weighted by atomic mass is 10.1. The third-order valence-corrected chi connectivity index (χ3v) is 7.06. The van der Waals surface area contributed by atoms with Crippen molar-refractivity contribution in [2.24, 2.45) is 0 Å². The van der Waals surface area contributed by atoms with E-state index in [0.29, 0.717) is 32.7 Å². The lowest BCUT2D eigenvalue weighted by Gasteiger charge is -2.14. The van der Waals surface area contributed by atoms with Gasteiger partial charge in [0.15, 0.2) is 11.6 Å². The van der Waals surface area contributed by atoms with Crippen LogP contribution in [0, 0.1) is 11.6 Å². The first kappa shape index (κ1) is 24.9. The summed E-state index contributed by atoms with van der Waals surface area (Å²) in [6, 6.07) is 20.1. The van der Waals surface area contributed by atoms with Gasteiger partial charge in [-0.3, -0.25) is 9.69 Å². The number of benzene rings is 3. The Morgan fingerprint density at radius 2 is 1.81 bits per heavy atom. The molecule has 1 saturated heterocycles. The molecular weight excluding hydrogens is 512 g/mol. The summed E-state index contributed by atoms with van der Waals surface area (Å²) in [5, 5.41) is 4.71. The van der Waals surface area contributed by atoms with Crippen LogP contribution in [-0.2, 0) is 11.3 Å². The number of carbonyl (C=O) groups is 1. The molecule has 0 saturated carbocycles. The fourth-order valence-electron chi connectivity index (χ4n) is 3.90. The van der Waals surface area contributed by atoms with Crippen molar-refractivity contribution in [3.63, 3.8) is 0 Å². The van der Waals surface area contributed by atoms with E-state index in [1.165, 1.54) is 34.9 Å². The van der Waals surface area contributed by atoms with Gasteiger partial charge in [0.05, 0.1) is 23.7 Å². The first-order valence-corrected chi connectivity index (χ1v) is 12.7. The van der Waals surface area contributed by atoms with Gasteiger partial charge in [-0.1, -0.05) is 54.3 Å². The average Bonchev–Trinajstić information content (AvgIpc) is 3.43. The minimum absolute atomic E-state index is 0.164. The zero-order valence-electron chi connectivity index (χ0n) is 19.7. The molecule has 0 bridgehead atoms. The standard InChI is InChI=1S/C28H21F2N3O2S2/c1-2-35-24-13-10-19(14-23(24)30)26-20(17-33(31-26)22-6-4-3-5-7-22)15-25-27(34)32(28(36)37-25)16-18-8-11-21(29)12-9-18/h3-15,17H,2,16H2,1H3/b25-15-. The number of aromatic nitrogens is 2. The minimum Gasteiger partial charge on any atom is -0.491 e. The second-order valence-corrected chi connectivity index (χ2v) is 9.86. The summed E-state index contributed by atoms with van der Waals surface area (Å²) in [6.07, 6.45) is 3.52. The van der Waals surface area contributed by atoms with Gasteiger partial charge < -0.3 is 4.74 Å². The van der Waals surface area contributed by atoms with Crippen molar-refractivity contribution in [1.82, 2.24) is 14.7 Å². The highest BCUT2D eigenvalue weighted by Gasteiger charge is 2.32. The number of ether oxygens (including phenoxy) is 1. The number of hydrogen-bond acceptors (Lipinski definition) is 5. The largest absolute Gasteiger partial charge is 0.491 e. The van der Waals surface area contributed by atoms with Crippen LogP contribution in [0.15, 0.2) is 83.9 Å². The van der Waals surface area contributed by atoms with E-state index in [2.05, 4.69) is 0 Å². The van der Waals surface area contributed by atoms with Crippen molar-refractivity contribution < 1.29 is 18.3 Å². The maximum atomic E-state index is 14.7. The van der Waals surface area contributed by atoms with Crippen molar-refractivity contribution in [3.05, 3.63) is 107 Å². The van der Waals surface area contributed by atoms with Crippen molar-refractivity contribution in [1.29, 1.82) is 0 Å². The molecule has 0 atom stereocenters. The first-order valence-electron chi connectivity index (χ1n) is 11.5. The molecule has 1 aliphatic heterocycles. The van der Waals surface area contributed by atoms with Crippen molar-refractivity contribution >= 4 is 40.3 Å². The summed E-state index contributed by atoms with van der Waals surface area (Å²) in [5.41, 5.74) is 3.27. The van der Waals surface area contributed by atoms with Crippen LogP contribution in [-0.4, -0.2) is 31.5 Å². The highest BCUT2D eigenvalue weighted by Crippen LogP contribution is 2.36. The number of thiocarbonyl (C=S) groups is 1. The van der Waals surface area contributed by atoms with Gasteiger partial charge in [0.2, 0.25) is 0 Å². The molecule has 1 fully saturated rings. The van der Waals surface area contributed by atoms with E-state index in [4.69, 9.17) is 22.1 Å². The maximum absolute atomic E-state index is 14.7. The number of para-hydroxylation sites is 1. The number of hydrogen-bond donors (Lipinski definition) is 0. The van der Waals surface area contributed by atoms with Gasteiger partial charge >= 0.3 is 0 Å². The van der Waals surface area contributed by atoms with Gasteiger partial charge in [0.1, 0.15) is 15.8 Å². The summed E-state index contributed by atoms with van der Waals surface area (Å²) in [5.74, 6) is -0.930. The van der Waals surface area contributed by atoms with E-state index >= 15 is 0 Å². The van der Waals surface area contributed by atoms with E-state index in [-0.39, 0.29) is 24.0 Å². The lowest BCUT2D eigenvalue weighted by molar-refractivity contribution is -0.122. The molecule has 9 heteroatoms. The summed E-state index contributed by atoms with van der Waals surface area (Å²) >= 11 is 6.65. The molecule has 1 amide bonds. The minimum atomic E-state index is -0.495. The van der Waals surface area contributed by atoms with Crippen molar-refractivity contribution in [3.8, 4) is 22.7 Å². The van der Waals surface area contributed by atoms with Gasteiger partial charge in [0.25, 0.3) is 5.91 Å². The fourth-order valence-corrected chi connectivity index (χ4v) is 5.15. The van der Waals surface area contributed by atoms with Gasteiger partial charge in [-0.25, -0.2) is 13.5 Å². The highest BCUT2D eigenvalue weighted by molar-refractivity contribution is 8.26. The third kappa shape index (κ3) is 5.33. The van der Waals surface area contributed by atoms with E-state index < -0.39 is 5.82 Å². The van der Waals surface area contributed by atoms with E-state index in [1.807, 2.05) is 30.3 Å². The molecule has 0 unspecified atom stereocenters. The number of nitrogens with zero attached hydrogens (tertiary/aromatic N) is 3. The topological polar surface area (TPSA) is 47.4 Å². The smallest absolute Gasteiger partial charge is 0.266 e. The highest BCUT2D eigenvalue weighted by atomic mass is 32.2. The Morgan fingerprint density at radius 1 is 1.05 bits per heavy atom. The van der Waals surface area contributed by atoms with E-state index in [0.717, 1.165) is 11.3 Å². The molecule has 2 heterocycles. The first-order chi connectivity index (χ1) is 17.9. The fraction of sp³-hybridized carbons (Fsp3) is 0.107.